The molecule has 8 heteroatoms. The van der Waals surface area contributed by atoms with Crippen LogP contribution in [0.4, 0.5) is 5.69 Å². The van der Waals surface area contributed by atoms with Gasteiger partial charge >= 0.3 is 0 Å². The van der Waals surface area contributed by atoms with Gasteiger partial charge in [-0.3, -0.25) is 4.79 Å². The predicted octanol–water partition coefficient (Wildman–Crippen LogP) is 6.38. The number of aromatic nitrogens is 1. The van der Waals surface area contributed by atoms with Gasteiger partial charge in [-0.15, -0.1) is 11.3 Å². The molecule has 0 aliphatic carbocycles. The van der Waals surface area contributed by atoms with E-state index in [1.54, 1.807) is 13.0 Å². The van der Waals surface area contributed by atoms with Gasteiger partial charge in [-0.05, 0) is 37.1 Å². The van der Waals surface area contributed by atoms with Crippen LogP contribution >= 0.6 is 22.9 Å². The average Bonchev–Trinajstić information content (AvgIpc) is 3.39. The van der Waals surface area contributed by atoms with Crippen molar-refractivity contribution in [3.8, 4) is 17.0 Å². The highest BCUT2D eigenvalue weighted by Crippen LogP contribution is 2.41. The fraction of sp³-hybridized carbons (Fsp3) is 0.167. The first-order chi connectivity index (χ1) is 15.5. The van der Waals surface area contributed by atoms with E-state index in [-0.39, 0.29) is 22.1 Å². The first-order valence-corrected chi connectivity index (χ1v) is 11.4. The van der Waals surface area contributed by atoms with Crippen LogP contribution in [0.1, 0.15) is 19.1 Å². The first-order valence-electron chi connectivity index (χ1n) is 10.1. The third kappa shape index (κ3) is 3.34. The lowest BCUT2D eigenvalue weighted by Crippen LogP contribution is -2.15. The van der Waals surface area contributed by atoms with E-state index in [2.05, 4.69) is 11.5 Å². The zero-order chi connectivity index (χ0) is 22.4. The summed E-state index contributed by atoms with van der Waals surface area (Å²) in [5.41, 5.74) is 2.68. The molecular weight excluding hydrogens is 448 g/mol. The van der Waals surface area contributed by atoms with Crippen molar-refractivity contribution in [3.63, 3.8) is 0 Å². The number of furan rings is 1. The van der Waals surface area contributed by atoms with Crippen molar-refractivity contribution in [1.82, 2.24) is 4.57 Å². The highest BCUT2D eigenvalue weighted by atomic mass is 35.5. The summed E-state index contributed by atoms with van der Waals surface area (Å²) in [7, 11) is 0. The van der Waals surface area contributed by atoms with Gasteiger partial charge in [-0.25, -0.2) is 4.99 Å². The number of fused-ring (bicyclic) bond motifs is 2. The predicted molar refractivity (Wildman–Crippen MR) is 127 cm³/mol. The lowest BCUT2D eigenvalue weighted by molar-refractivity contribution is 0.484. The number of aryl methyl sites for hydroxylation is 1. The molecule has 1 N–H and O–H groups in total. The van der Waals surface area contributed by atoms with Crippen LogP contribution in [0.25, 0.3) is 33.2 Å². The highest BCUT2D eigenvalue weighted by molar-refractivity contribution is 7.07. The summed E-state index contributed by atoms with van der Waals surface area (Å²) < 4.78 is 13.7. The molecule has 2 aromatic carbocycles. The van der Waals surface area contributed by atoms with E-state index < -0.39 is 0 Å². The molecule has 0 atom stereocenters. The second-order valence-corrected chi connectivity index (χ2v) is 8.73. The minimum atomic E-state index is -0.324. The monoisotopic (exact) mass is 466 g/mol. The molecule has 0 saturated carbocycles. The van der Waals surface area contributed by atoms with E-state index in [0.29, 0.717) is 27.4 Å². The van der Waals surface area contributed by atoms with E-state index in [9.17, 15) is 9.90 Å². The number of benzene rings is 2. The number of hydrogen-bond acceptors (Lipinski definition) is 6. The summed E-state index contributed by atoms with van der Waals surface area (Å²) in [6, 6.07) is 10.7. The van der Waals surface area contributed by atoms with Crippen molar-refractivity contribution in [2.75, 3.05) is 0 Å². The fourth-order valence-electron chi connectivity index (χ4n) is 3.82. The molecule has 0 aliphatic rings. The summed E-state index contributed by atoms with van der Waals surface area (Å²) in [5.74, 6) is 0.268. The minimum absolute atomic E-state index is 0.0970. The number of thiazole rings is 1. The SMILES string of the molecule is CCCn1c(-c2ccc(Cl)cc2)csc1=Nc1c2occc2c(O)c2c(=O)cc(C)oc12. The molecule has 0 radical (unpaired) electrons. The lowest BCUT2D eigenvalue weighted by atomic mass is 10.1. The van der Waals surface area contributed by atoms with Crippen LogP contribution in [-0.2, 0) is 6.54 Å². The Hall–Kier alpha value is -3.29. The maximum Gasteiger partial charge on any atom is 0.196 e. The van der Waals surface area contributed by atoms with Gasteiger partial charge in [0.25, 0.3) is 0 Å². The Morgan fingerprint density at radius 1 is 1.19 bits per heavy atom. The van der Waals surface area contributed by atoms with Gasteiger partial charge in [0, 0.05) is 23.0 Å². The molecule has 5 aromatic rings. The number of phenolic OH excluding ortho intramolecular Hbond substituents is 1. The Kier molecular flexibility index (Phi) is 5.15. The third-order valence-electron chi connectivity index (χ3n) is 5.25. The van der Waals surface area contributed by atoms with Crippen LogP contribution in [0.15, 0.2) is 66.7 Å². The smallest absolute Gasteiger partial charge is 0.196 e. The Morgan fingerprint density at radius 3 is 2.72 bits per heavy atom. The maximum absolute atomic E-state index is 12.7. The second-order valence-electron chi connectivity index (χ2n) is 7.46. The molecule has 3 heterocycles. The molecule has 0 saturated heterocycles. The normalized spacial score (nSPS) is 12.3. The van der Waals surface area contributed by atoms with E-state index in [1.165, 1.54) is 23.7 Å². The number of nitrogens with zero attached hydrogens (tertiary/aromatic N) is 2. The largest absolute Gasteiger partial charge is 0.506 e. The zero-order valence-corrected chi connectivity index (χ0v) is 19.0. The van der Waals surface area contributed by atoms with Crippen LogP contribution in [-0.4, -0.2) is 9.67 Å². The van der Waals surface area contributed by atoms with Gasteiger partial charge in [0.15, 0.2) is 27.1 Å². The molecule has 162 valence electrons. The van der Waals surface area contributed by atoms with Crippen molar-refractivity contribution in [3.05, 3.63) is 73.8 Å². The van der Waals surface area contributed by atoms with Gasteiger partial charge in [0.05, 0.1) is 17.3 Å². The average molecular weight is 467 g/mol. The minimum Gasteiger partial charge on any atom is -0.506 e. The first kappa shape index (κ1) is 20.6. The van der Waals surface area contributed by atoms with Crippen LogP contribution in [0.5, 0.6) is 5.75 Å². The molecule has 0 bridgehead atoms. The van der Waals surface area contributed by atoms with Crippen molar-refractivity contribution >= 4 is 50.6 Å². The molecule has 5 rings (SSSR count). The standard InChI is InChI=1S/C24H19ClN2O4S/c1-3-9-27-17(14-4-6-15(25)7-5-14)12-32-24(27)26-20-22-16(8-10-30-22)21(29)19-18(28)11-13(2)31-23(19)20/h4-8,10-12,29H,3,9H2,1-2H3. The maximum atomic E-state index is 12.7. The highest BCUT2D eigenvalue weighted by Gasteiger charge is 2.21. The van der Waals surface area contributed by atoms with E-state index in [4.69, 9.17) is 25.4 Å². The number of rotatable bonds is 4. The lowest BCUT2D eigenvalue weighted by Gasteiger charge is -2.09. The van der Waals surface area contributed by atoms with E-state index in [1.807, 2.05) is 29.6 Å². The van der Waals surface area contributed by atoms with E-state index in [0.717, 1.165) is 29.0 Å². The topological polar surface area (TPSA) is 80.9 Å². The van der Waals surface area contributed by atoms with Crippen LogP contribution in [0.2, 0.25) is 5.02 Å². The summed E-state index contributed by atoms with van der Waals surface area (Å²) in [5, 5.41) is 13.9. The molecular formula is C24H19ClN2O4S. The molecule has 6 nitrogen and oxygen atoms in total. The van der Waals surface area contributed by atoms with Crippen molar-refractivity contribution < 1.29 is 13.9 Å². The van der Waals surface area contributed by atoms with Crippen LogP contribution < -0.4 is 10.2 Å². The summed E-state index contributed by atoms with van der Waals surface area (Å²) in [6.45, 7) is 4.54. The molecule has 3 aromatic heterocycles. The Morgan fingerprint density at radius 2 is 1.97 bits per heavy atom. The van der Waals surface area contributed by atoms with Crippen LogP contribution in [0.3, 0.4) is 0 Å². The van der Waals surface area contributed by atoms with Crippen LogP contribution in [0, 0.1) is 6.92 Å². The number of halogens is 1. The molecule has 0 amide bonds. The van der Waals surface area contributed by atoms with Gasteiger partial charge in [-0.2, -0.15) is 0 Å². The molecule has 0 spiro atoms. The number of aromatic hydroxyl groups is 1. The Balaban J connectivity index is 1.85. The second kappa shape index (κ2) is 8.00. The van der Waals surface area contributed by atoms with Gasteiger partial charge < -0.3 is 18.5 Å². The third-order valence-corrected chi connectivity index (χ3v) is 6.37. The van der Waals surface area contributed by atoms with Gasteiger partial charge in [0.1, 0.15) is 16.9 Å². The molecule has 0 fully saturated rings. The molecule has 0 aliphatic heterocycles. The Labute approximate surface area is 191 Å². The van der Waals surface area contributed by atoms with Crippen molar-refractivity contribution in [1.29, 1.82) is 0 Å². The summed E-state index contributed by atoms with van der Waals surface area (Å²) in [4.78, 5) is 18.3. The quantitative estimate of drug-likeness (QED) is 0.333. The summed E-state index contributed by atoms with van der Waals surface area (Å²) >= 11 is 7.54. The molecule has 0 unspecified atom stereocenters. The molecule has 32 heavy (non-hydrogen) atoms. The fourth-order valence-corrected chi connectivity index (χ4v) is 4.89. The van der Waals surface area contributed by atoms with Crippen molar-refractivity contribution in [2.24, 2.45) is 4.99 Å². The number of phenols is 1. The van der Waals surface area contributed by atoms with Gasteiger partial charge in [0.2, 0.25) is 0 Å². The van der Waals surface area contributed by atoms with Crippen molar-refractivity contribution in [2.45, 2.75) is 26.8 Å². The number of hydrogen-bond donors (Lipinski definition) is 1. The zero-order valence-electron chi connectivity index (χ0n) is 17.4. The Bertz CT molecular complexity index is 1590. The summed E-state index contributed by atoms with van der Waals surface area (Å²) in [6.07, 6.45) is 2.37. The van der Waals surface area contributed by atoms with Gasteiger partial charge in [-0.1, -0.05) is 30.7 Å². The van der Waals surface area contributed by atoms with E-state index >= 15 is 0 Å².